The molecule has 4 nitrogen and oxygen atoms in total. The number of hydrogen-bond acceptors (Lipinski definition) is 6. The van der Waals surface area contributed by atoms with Gasteiger partial charge in [0.1, 0.15) is 26.4 Å². The van der Waals surface area contributed by atoms with Crippen molar-refractivity contribution in [3.05, 3.63) is 20.5 Å². The lowest BCUT2D eigenvalue weighted by Crippen LogP contribution is -2.15. The average Bonchev–Trinajstić information content (AvgIpc) is 3.05. The third-order valence-electron chi connectivity index (χ3n) is 3.07. The first-order chi connectivity index (χ1) is 9.42. The second kappa shape index (κ2) is 4.61. The van der Waals surface area contributed by atoms with Crippen molar-refractivity contribution >= 4 is 22.7 Å². The number of hydrogen-bond donors (Lipinski definition) is 0. The minimum Gasteiger partial charge on any atom is -0.485 e. The van der Waals surface area contributed by atoms with Crippen molar-refractivity contribution in [2.24, 2.45) is 0 Å². The Bertz CT molecular complexity index is 550. The Labute approximate surface area is 118 Å². The van der Waals surface area contributed by atoms with E-state index in [4.69, 9.17) is 18.9 Å². The fraction of sp³-hybridized carbons (Fsp3) is 0.385. The van der Waals surface area contributed by atoms with Gasteiger partial charge in [-0.2, -0.15) is 0 Å². The maximum absolute atomic E-state index is 5.71. The molecule has 0 saturated carbocycles. The molecule has 0 aliphatic carbocycles. The van der Waals surface area contributed by atoms with Crippen LogP contribution in [-0.4, -0.2) is 26.4 Å². The van der Waals surface area contributed by atoms with Crippen LogP contribution in [0.15, 0.2) is 10.8 Å². The summed E-state index contributed by atoms with van der Waals surface area (Å²) in [4.78, 5) is 2.38. The zero-order valence-electron chi connectivity index (χ0n) is 10.1. The van der Waals surface area contributed by atoms with Gasteiger partial charge in [-0.25, -0.2) is 0 Å². The molecule has 0 amide bonds. The van der Waals surface area contributed by atoms with Crippen molar-refractivity contribution in [3.8, 4) is 23.0 Å². The maximum Gasteiger partial charge on any atom is 0.175 e. The zero-order chi connectivity index (χ0) is 12.7. The van der Waals surface area contributed by atoms with Crippen LogP contribution in [0.25, 0.3) is 0 Å². The van der Waals surface area contributed by atoms with E-state index in [1.807, 2.05) is 10.8 Å². The average molecular weight is 296 g/mol. The lowest BCUT2D eigenvalue weighted by Gasteiger charge is -2.17. The number of thiophene rings is 2. The predicted octanol–water partition coefficient (Wildman–Crippen LogP) is 2.94. The van der Waals surface area contributed by atoms with Gasteiger partial charge in [0.2, 0.25) is 0 Å². The molecule has 0 aromatic carbocycles. The van der Waals surface area contributed by atoms with Crippen molar-refractivity contribution in [1.29, 1.82) is 0 Å². The second-order valence-corrected chi connectivity index (χ2v) is 6.20. The Kier molecular flexibility index (Phi) is 2.77. The highest BCUT2D eigenvalue weighted by atomic mass is 32.1. The lowest BCUT2D eigenvalue weighted by molar-refractivity contribution is 0.170. The number of ether oxygens (including phenoxy) is 4. The first kappa shape index (κ1) is 11.4. The molecule has 2 aliphatic rings. The summed E-state index contributed by atoms with van der Waals surface area (Å²) in [5, 5.41) is 4.03. The highest BCUT2D eigenvalue weighted by molar-refractivity contribution is 7.12. The first-order valence-electron chi connectivity index (χ1n) is 6.14. The summed E-state index contributed by atoms with van der Waals surface area (Å²) >= 11 is 3.35. The van der Waals surface area contributed by atoms with E-state index in [2.05, 4.69) is 0 Å². The number of rotatable bonds is 2. The standard InChI is InChI=1S/C13H12O4S2/c1-3-16-12-8(14-1)6-18-10(12)5-11-13-9(7-19-11)15-2-4-17-13/h6-7H,1-5H2. The highest BCUT2D eigenvalue weighted by Gasteiger charge is 2.23. The van der Waals surface area contributed by atoms with Gasteiger partial charge in [0.15, 0.2) is 23.0 Å². The molecule has 4 heterocycles. The van der Waals surface area contributed by atoms with E-state index < -0.39 is 0 Å². The quantitative estimate of drug-likeness (QED) is 0.854. The van der Waals surface area contributed by atoms with Crippen molar-refractivity contribution in [2.45, 2.75) is 6.42 Å². The van der Waals surface area contributed by atoms with Gasteiger partial charge in [0.05, 0.1) is 9.75 Å². The summed E-state index contributed by atoms with van der Waals surface area (Å²) in [7, 11) is 0. The van der Waals surface area contributed by atoms with Gasteiger partial charge in [0.25, 0.3) is 0 Å². The van der Waals surface area contributed by atoms with E-state index in [0.29, 0.717) is 26.4 Å². The molecule has 0 saturated heterocycles. The minimum atomic E-state index is 0.624. The van der Waals surface area contributed by atoms with Crippen LogP contribution in [0, 0.1) is 0 Å². The fourth-order valence-corrected chi connectivity index (χ4v) is 4.15. The van der Waals surface area contributed by atoms with Crippen molar-refractivity contribution < 1.29 is 18.9 Å². The van der Waals surface area contributed by atoms with E-state index in [1.165, 1.54) is 9.75 Å². The molecular formula is C13H12O4S2. The summed E-state index contributed by atoms with van der Waals surface area (Å²) in [6.45, 7) is 2.51. The zero-order valence-corrected chi connectivity index (χ0v) is 11.8. The molecule has 4 rings (SSSR count). The lowest BCUT2D eigenvalue weighted by atomic mass is 10.2. The number of fused-ring (bicyclic) bond motifs is 2. The molecular weight excluding hydrogens is 284 g/mol. The Morgan fingerprint density at radius 2 is 1.21 bits per heavy atom. The Morgan fingerprint density at radius 1 is 0.737 bits per heavy atom. The Morgan fingerprint density at radius 3 is 1.74 bits per heavy atom. The van der Waals surface area contributed by atoms with Crippen LogP contribution in [0.5, 0.6) is 23.0 Å². The van der Waals surface area contributed by atoms with Gasteiger partial charge in [0, 0.05) is 17.2 Å². The molecule has 6 heteroatoms. The van der Waals surface area contributed by atoms with Gasteiger partial charge in [-0.05, 0) is 0 Å². The second-order valence-electron chi connectivity index (χ2n) is 4.28. The molecule has 2 aliphatic heterocycles. The van der Waals surface area contributed by atoms with E-state index in [9.17, 15) is 0 Å². The monoisotopic (exact) mass is 296 g/mol. The van der Waals surface area contributed by atoms with E-state index >= 15 is 0 Å². The summed E-state index contributed by atoms with van der Waals surface area (Å²) in [5.41, 5.74) is 0. The van der Waals surface area contributed by atoms with Gasteiger partial charge in [-0.1, -0.05) is 0 Å². The van der Waals surface area contributed by atoms with Gasteiger partial charge < -0.3 is 18.9 Å². The summed E-state index contributed by atoms with van der Waals surface area (Å²) in [5.74, 6) is 3.54. The molecule has 0 spiro atoms. The van der Waals surface area contributed by atoms with Gasteiger partial charge >= 0.3 is 0 Å². The molecule has 2 aromatic rings. The van der Waals surface area contributed by atoms with Crippen molar-refractivity contribution in [1.82, 2.24) is 0 Å². The summed E-state index contributed by atoms with van der Waals surface area (Å²) < 4.78 is 22.5. The molecule has 0 fully saturated rings. The largest absolute Gasteiger partial charge is 0.485 e. The van der Waals surface area contributed by atoms with Crippen LogP contribution in [0.3, 0.4) is 0 Å². The van der Waals surface area contributed by atoms with Crippen LogP contribution in [0.1, 0.15) is 9.75 Å². The van der Waals surface area contributed by atoms with E-state index in [1.54, 1.807) is 22.7 Å². The summed E-state index contributed by atoms with van der Waals surface area (Å²) in [6.07, 6.45) is 0.812. The molecule has 2 aromatic heterocycles. The van der Waals surface area contributed by atoms with Crippen molar-refractivity contribution in [3.63, 3.8) is 0 Å². The normalized spacial score (nSPS) is 16.4. The molecule has 19 heavy (non-hydrogen) atoms. The Balaban J connectivity index is 1.64. The van der Waals surface area contributed by atoms with Crippen LogP contribution in [0.4, 0.5) is 0 Å². The molecule has 0 atom stereocenters. The first-order valence-corrected chi connectivity index (χ1v) is 7.89. The van der Waals surface area contributed by atoms with Crippen LogP contribution in [0.2, 0.25) is 0 Å². The van der Waals surface area contributed by atoms with E-state index in [0.717, 1.165) is 29.4 Å². The van der Waals surface area contributed by atoms with Crippen LogP contribution >= 0.6 is 22.7 Å². The molecule has 0 N–H and O–H groups in total. The maximum atomic E-state index is 5.71. The highest BCUT2D eigenvalue weighted by Crippen LogP contribution is 2.45. The third kappa shape index (κ3) is 1.95. The molecule has 100 valence electrons. The smallest absolute Gasteiger partial charge is 0.175 e. The topological polar surface area (TPSA) is 36.9 Å². The summed E-state index contributed by atoms with van der Waals surface area (Å²) in [6, 6.07) is 0. The van der Waals surface area contributed by atoms with Gasteiger partial charge in [-0.15, -0.1) is 22.7 Å². The third-order valence-corrected chi connectivity index (χ3v) is 4.96. The predicted molar refractivity (Wildman–Crippen MR) is 73.4 cm³/mol. The minimum absolute atomic E-state index is 0.624. The van der Waals surface area contributed by atoms with Crippen molar-refractivity contribution in [2.75, 3.05) is 26.4 Å². The molecule has 0 bridgehead atoms. The van der Waals surface area contributed by atoms with Gasteiger partial charge in [-0.3, -0.25) is 0 Å². The molecule has 0 radical (unpaired) electrons. The molecule has 0 unspecified atom stereocenters. The Hall–Kier alpha value is -1.40. The van der Waals surface area contributed by atoms with E-state index in [-0.39, 0.29) is 0 Å². The van der Waals surface area contributed by atoms with Crippen LogP contribution < -0.4 is 18.9 Å². The van der Waals surface area contributed by atoms with Crippen LogP contribution in [-0.2, 0) is 6.42 Å². The SMILES string of the molecule is c1sc(Cc2scc3c2OCCO3)c2c1OCCO2. The fourth-order valence-electron chi connectivity index (χ4n) is 2.22.